The van der Waals surface area contributed by atoms with Crippen LogP contribution in [0.3, 0.4) is 0 Å². The summed E-state index contributed by atoms with van der Waals surface area (Å²) in [6.07, 6.45) is 0. The van der Waals surface area contributed by atoms with Gasteiger partial charge in [0.25, 0.3) is 0 Å². The highest BCUT2D eigenvalue weighted by Crippen LogP contribution is 2.25. The highest BCUT2D eigenvalue weighted by atomic mass is 35.5. The van der Waals surface area contributed by atoms with Crippen LogP contribution in [0, 0.1) is 12.7 Å². The van der Waals surface area contributed by atoms with Crippen molar-refractivity contribution in [1.82, 2.24) is 5.16 Å². The number of benzene rings is 1. The van der Waals surface area contributed by atoms with E-state index in [-0.39, 0.29) is 17.0 Å². The number of halogens is 2. The zero-order valence-electron chi connectivity index (χ0n) is 11.5. The zero-order valence-corrected chi connectivity index (χ0v) is 13.1. The van der Waals surface area contributed by atoms with Gasteiger partial charge in [-0.2, -0.15) is 0 Å². The lowest BCUT2D eigenvalue weighted by atomic mass is 10.2. The van der Waals surface area contributed by atoms with Crippen molar-refractivity contribution in [3.8, 4) is 0 Å². The molecule has 1 amide bonds. The SMILES string of the molecule is Cc1cc(NC(=O)C(C)SCc2ccc(F)cc2Cl)no1. The largest absolute Gasteiger partial charge is 0.360 e. The van der Waals surface area contributed by atoms with Crippen molar-refractivity contribution in [2.75, 3.05) is 5.32 Å². The molecule has 4 nitrogen and oxygen atoms in total. The number of rotatable bonds is 5. The number of amides is 1. The van der Waals surface area contributed by atoms with Gasteiger partial charge in [-0.25, -0.2) is 4.39 Å². The maximum atomic E-state index is 12.9. The summed E-state index contributed by atoms with van der Waals surface area (Å²) in [5.74, 6) is 0.992. The minimum absolute atomic E-state index is 0.175. The molecule has 1 aromatic heterocycles. The molecule has 2 rings (SSSR count). The van der Waals surface area contributed by atoms with E-state index in [0.717, 1.165) is 5.56 Å². The Morgan fingerprint density at radius 1 is 1.52 bits per heavy atom. The predicted molar refractivity (Wildman–Crippen MR) is 82.0 cm³/mol. The number of hydrogen-bond donors (Lipinski definition) is 1. The number of nitrogens with zero attached hydrogens (tertiary/aromatic N) is 1. The van der Waals surface area contributed by atoms with Crippen LogP contribution >= 0.6 is 23.4 Å². The van der Waals surface area contributed by atoms with Gasteiger partial charge in [0.05, 0.1) is 5.25 Å². The van der Waals surface area contributed by atoms with Gasteiger partial charge in [-0.15, -0.1) is 11.8 Å². The van der Waals surface area contributed by atoms with E-state index in [1.165, 1.54) is 23.9 Å². The molecule has 0 bridgehead atoms. The molecule has 0 radical (unpaired) electrons. The monoisotopic (exact) mass is 328 g/mol. The van der Waals surface area contributed by atoms with E-state index in [2.05, 4.69) is 10.5 Å². The van der Waals surface area contributed by atoms with E-state index < -0.39 is 0 Å². The highest BCUT2D eigenvalue weighted by molar-refractivity contribution is 7.99. The van der Waals surface area contributed by atoms with Gasteiger partial charge in [0, 0.05) is 16.8 Å². The van der Waals surface area contributed by atoms with Crippen LogP contribution in [0.25, 0.3) is 0 Å². The molecule has 0 saturated carbocycles. The number of aromatic nitrogens is 1. The molecule has 7 heteroatoms. The smallest absolute Gasteiger partial charge is 0.238 e. The van der Waals surface area contributed by atoms with Crippen LogP contribution in [0.15, 0.2) is 28.8 Å². The third-order valence-corrected chi connectivity index (χ3v) is 4.30. The number of aryl methyl sites for hydroxylation is 1. The summed E-state index contributed by atoms with van der Waals surface area (Å²) in [6.45, 7) is 3.53. The fourth-order valence-electron chi connectivity index (χ4n) is 1.58. The molecule has 21 heavy (non-hydrogen) atoms. The van der Waals surface area contributed by atoms with Crippen LogP contribution in [-0.2, 0) is 10.5 Å². The molecular weight excluding hydrogens is 315 g/mol. The molecule has 1 N–H and O–H groups in total. The van der Waals surface area contributed by atoms with Crippen LogP contribution in [0.5, 0.6) is 0 Å². The third-order valence-electron chi connectivity index (χ3n) is 2.75. The Labute approximate surface area is 131 Å². The van der Waals surface area contributed by atoms with Gasteiger partial charge in [-0.1, -0.05) is 22.8 Å². The van der Waals surface area contributed by atoms with Crippen molar-refractivity contribution in [1.29, 1.82) is 0 Å². The Bertz CT molecular complexity index is 648. The van der Waals surface area contributed by atoms with Crippen molar-refractivity contribution >= 4 is 35.1 Å². The standard InChI is InChI=1S/C14H14ClFN2O2S/c1-8-5-13(18-20-8)17-14(19)9(2)21-7-10-3-4-11(16)6-12(10)15/h3-6,9H,7H2,1-2H3,(H,17,18,19). The lowest BCUT2D eigenvalue weighted by Crippen LogP contribution is -2.22. The van der Waals surface area contributed by atoms with E-state index in [9.17, 15) is 9.18 Å². The molecule has 0 spiro atoms. The maximum absolute atomic E-state index is 12.9. The average molecular weight is 329 g/mol. The van der Waals surface area contributed by atoms with E-state index >= 15 is 0 Å². The molecule has 112 valence electrons. The first-order valence-corrected chi connectivity index (χ1v) is 7.68. The summed E-state index contributed by atoms with van der Waals surface area (Å²) in [5.41, 5.74) is 0.792. The molecule has 2 aromatic rings. The summed E-state index contributed by atoms with van der Waals surface area (Å²) < 4.78 is 17.8. The first kappa shape index (κ1) is 15.9. The van der Waals surface area contributed by atoms with Crippen LogP contribution in [0.2, 0.25) is 5.02 Å². The molecule has 0 aliphatic rings. The minimum atomic E-state index is -0.374. The van der Waals surface area contributed by atoms with E-state index in [0.29, 0.717) is 22.4 Å². The Morgan fingerprint density at radius 3 is 2.90 bits per heavy atom. The Kier molecular flexibility index (Phi) is 5.25. The lowest BCUT2D eigenvalue weighted by Gasteiger charge is -2.11. The number of carbonyl (C=O) groups excluding carboxylic acids is 1. The summed E-state index contributed by atoms with van der Waals surface area (Å²) in [6, 6.07) is 5.88. The Balaban J connectivity index is 1.88. The minimum Gasteiger partial charge on any atom is -0.360 e. The second-order valence-electron chi connectivity index (χ2n) is 4.50. The molecule has 0 aliphatic heterocycles. The Morgan fingerprint density at radius 2 is 2.29 bits per heavy atom. The normalized spacial score (nSPS) is 12.2. The van der Waals surface area contributed by atoms with Crippen LogP contribution in [0.4, 0.5) is 10.2 Å². The van der Waals surface area contributed by atoms with Crippen molar-refractivity contribution in [3.63, 3.8) is 0 Å². The van der Waals surface area contributed by atoms with Gasteiger partial charge in [0.1, 0.15) is 11.6 Å². The molecule has 1 atom stereocenters. The summed E-state index contributed by atoms with van der Waals surface area (Å²) >= 11 is 7.36. The van der Waals surface area contributed by atoms with Crippen molar-refractivity contribution in [2.24, 2.45) is 0 Å². The summed E-state index contributed by atoms with van der Waals surface area (Å²) in [5, 5.41) is 6.43. The first-order chi connectivity index (χ1) is 9.95. The fourth-order valence-corrected chi connectivity index (χ4v) is 2.79. The van der Waals surface area contributed by atoms with E-state index in [4.69, 9.17) is 16.1 Å². The topological polar surface area (TPSA) is 55.1 Å². The van der Waals surface area contributed by atoms with Crippen LogP contribution < -0.4 is 5.32 Å². The Hall–Kier alpha value is -1.53. The number of thioether (sulfide) groups is 1. The molecule has 1 heterocycles. The molecule has 1 aromatic carbocycles. The van der Waals surface area contributed by atoms with E-state index in [1.54, 1.807) is 26.0 Å². The fraction of sp³-hybridized carbons (Fsp3) is 0.286. The number of carbonyl (C=O) groups is 1. The van der Waals surface area contributed by atoms with Gasteiger partial charge in [0.2, 0.25) is 5.91 Å². The first-order valence-electron chi connectivity index (χ1n) is 6.25. The van der Waals surface area contributed by atoms with Gasteiger partial charge >= 0.3 is 0 Å². The van der Waals surface area contributed by atoms with Crippen molar-refractivity contribution in [2.45, 2.75) is 24.9 Å². The number of nitrogens with one attached hydrogen (secondary N) is 1. The van der Waals surface area contributed by atoms with Gasteiger partial charge in [-0.05, 0) is 31.5 Å². The number of hydrogen-bond acceptors (Lipinski definition) is 4. The molecule has 1 unspecified atom stereocenters. The molecule has 0 fully saturated rings. The summed E-state index contributed by atoms with van der Waals surface area (Å²) in [7, 11) is 0. The van der Waals surface area contributed by atoms with Crippen LogP contribution in [-0.4, -0.2) is 16.3 Å². The summed E-state index contributed by atoms with van der Waals surface area (Å²) in [4.78, 5) is 12.0. The van der Waals surface area contributed by atoms with Gasteiger partial charge < -0.3 is 9.84 Å². The van der Waals surface area contributed by atoms with Crippen LogP contribution in [0.1, 0.15) is 18.2 Å². The lowest BCUT2D eigenvalue weighted by molar-refractivity contribution is -0.115. The van der Waals surface area contributed by atoms with Gasteiger partial charge in [0.15, 0.2) is 5.82 Å². The molecule has 0 aliphatic carbocycles. The predicted octanol–water partition coefficient (Wildman–Crippen LogP) is 4.04. The van der Waals surface area contributed by atoms with Gasteiger partial charge in [-0.3, -0.25) is 4.79 Å². The highest BCUT2D eigenvalue weighted by Gasteiger charge is 2.16. The van der Waals surface area contributed by atoms with Crippen molar-refractivity contribution < 1.29 is 13.7 Å². The van der Waals surface area contributed by atoms with Crippen molar-refractivity contribution in [3.05, 3.63) is 46.4 Å². The molecule has 0 saturated heterocycles. The maximum Gasteiger partial charge on any atom is 0.238 e. The van der Waals surface area contributed by atoms with E-state index in [1.807, 2.05) is 0 Å². The second kappa shape index (κ2) is 6.95. The zero-order chi connectivity index (χ0) is 15.4. The average Bonchev–Trinajstić information content (AvgIpc) is 2.82. The third kappa shape index (κ3) is 4.47. The quantitative estimate of drug-likeness (QED) is 0.900. The molecular formula is C14H14ClFN2O2S. The number of anilines is 1. The second-order valence-corrected chi connectivity index (χ2v) is 6.24.